The average Bonchev–Trinajstić information content (AvgIpc) is 3.36. The normalized spacial score (nSPS) is 20.1. The summed E-state index contributed by atoms with van der Waals surface area (Å²) < 4.78 is 5.57. The van der Waals surface area contributed by atoms with Gasteiger partial charge in [-0.15, -0.1) is 0 Å². The van der Waals surface area contributed by atoms with E-state index in [1.807, 2.05) is 18.2 Å². The Morgan fingerprint density at radius 3 is 2.64 bits per heavy atom. The first-order valence-corrected chi connectivity index (χ1v) is 8.39. The van der Waals surface area contributed by atoms with Crippen molar-refractivity contribution in [3.8, 4) is 0 Å². The van der Waals surface area contributed by atoms with Crippen LogP contribution in [0, 0.1) is 5.92 Å². The predicted molar refractivity (Wildman–Crippen MR) is 88.9 cm³/mol. The molecule has 1 aromatic carbocycles. The smallest absolute Gasteiger partial charge is 0.223 e. The number of nitrogens with zero attached hydrogens (tertiary/aromatic N) is 1. The topological polar surface area (TPSA) is 41.6 Å². The molecular formula is C18H28N2O2. The molecule has 0 radical (unpaired) electrons. The SMILES string of the molecule is CCN(CC)CCOCCNC(=O)C1CC1c1ccccc1. The quantitative estimate of drug-likeness (QED) is 0.674. The third kappa shape index (κ3) is 5.11. The Morgan fingerprint density at radius 1 is 1.23 bits per heavy atom. The van der Waals surface area contributed by atoms with Gasteiger partial charge in [0.25, 0.3) is 0 Å². The summed E-state index contributed by atoms with van der Waals surface area (Å²) in [6.07, 6.45) is 0.971. The molecule has 0 aliphatic heterocycles. The van der Waals surface area contributed by atoms with Gasteiger partial charge in [-0.2, -0.15) is 0 Å². The molecule has 2 atom stereocenters. The average molecular weight is 304 g/mol. The van der Waals surface area contributed by atoms with Crippen LogP contribution < -0.4 is 5.32 Å². The van der Waals surface area contributed by atoms with Gasteiger partial charge >= 0.3 is 0 Å². The van der Waals surface area contributed by atoms with Gasteiger partial charge < -0.3 is 15.0 Å². The Hall–Kier alpha value is -1.39. The largest absolute Gasteiger partial charge is 0.378 e. The zero-order valence-electron chi connectivity index (χ0n) is 13.8. The zero-order chi connectivity index (χ0) is 15.8. The second-order valence-corrected chi connectivity index (χ2v) is 5.79. The van der Waals surface area contributed by atoms with Crippen LogP contribution in [-0.2, 0) is 9.53 Å². The molecule has 0 saturated heterocycles. The van der Waals surface area contributed by atoms with E-state index in [2.05, 4.69) is 36.2 Å². The molecule has 1 aliphatic rings. The summed E-state index contributed by atoms with van der Waals surface area (Å²) in [5, 5.41) is 2.98. The molecule has 122 valence electrons. The Bertz CT molecular complexity index is 446. The summed E-state index contributed by atoms with van der Waals surface area (Å²) in [7, 11) is 0. The maximum Gasteiger partial charge on any atom is 0.223 e. The molecule has 1 aliphatic carbocycles. The molecule has 2 rings (SSSR count). The second-order valence-electron chi connectivity index (χ2n) is 5.79. The highest BCUT2D eigenvalue weighted by Gasteiger charge is 2.43. The fraction of sp³-hybridized carbons (Fsp3) is 0.611. The van der Waals surface area contributed by atoms with Gasteiger partial charge in [0.1, 0.15) is 0 Å². The van der Waals surface area contributed by atoms with Crippen LogP contribution in [-0.4, -0.2) is 50.2 Å². The monoisotopic (exact) mass is 304 g/mol. The van der Waals surface area contributed by atoms with E-state index in [1.54, 1.807) is 0 Å². The third-order valence-corrected chi connectivity index (χ3v) is 4.35. The van der Waals surface area contributed by atoms with Crippen molar-refractivity contribution in [2.45, 2.75) is 26.2 Å². The van der Waals surface area contributed by atoms with E-state index in [-0.39, 0.29) is 11.8 Å². The van der Waals surface area contributed by atoms with E-state index in [1.165, 1.54) is 5.56 Å². The van der Waals surface area contributed by atoms with Gasteiger partial charge in [0.2, 0.25) is 5.91 Å². The van der Waals surface area contributed by atoms with Gasteiger partial charge in [-0.05, 0) is 31.0 Å². The number of carbonyl (C=O) groups is 1. The minimum Gasteiger partial charge on any atom is -0.378 e. The van der Waals surface area contributed by atoms with E-state index < -0.39 is 0 Å². The molecule has 4 nitrogen and oxygen atoms in total. The van der Waals surface area contributed by atoms with Crippen LogP contribution in [0.25, 0.3) is 0 Å². The van der Waals surface area contributed by atoms with Gasteiger partial charge in [-0.3, -0.25) is 4.79 Å². The number of benzene rings is 1. The third-order valence-electron chi connectivity index (χ3n) is 4.35. The zero-order valence-corrected chi connectivity index (χ0v) is 13.8. The molecule has 2 unspecified atom stereocenters. The standard InChI is InChI=1S/C18H28N2O2/c1-3-20(4-2)11-13-22-12-10-19-18(21)17-14-16(17)15-8-6-5-7-9-15/h5-9,16-17H,3-4,10-14H2,1-2H3,(H,19,21). The maximum absolute atomic E-state index is 12.0. The van der Waals surface area contributed by atoms with Crippen LogP contribution in [0.5, 0.6) is 0 Å². The molecule has 1 saturated carbocycles. The molecule has 1 amide bonds. The number of rotatable bonds is 10. The summed E-state index contributed by atoms with van der Waals surface area (Å²) in [6.45, 7) is 9.31. The highest BCUT2D eigenvalue weighted by Crippen LogP contribution is 2.47. The number of hydrogen-bond donors (Lipinski definition) is 1. The lowest BCUT2D eigenvalue weighted by Gasteiger charge is -2.17. The van der Waals surface area contributed by atoms with Gasteiger partial charge in [-0.1, -0.05) is 44.2 Å². The first-order valence-electron chi connectivity index (χ1n) is 8.39. The molecule has 1 aromatic rings. The first kappa shape index (κ1) is 17.0. The van der Waals surface area contributed by atoms with Crippen molar-refractivity contribution >= 4 is 5.91 Å². The van der Waals surface area contributed by atoms with Gasteiger partial charge in [-0.25, -0.2) is 0 Å². The number of nitrogens with one attached hydrogen (secondary N) is 1. The van der Waals surface area contributed by atoms with Crippen molar-refractivity contribution in [2.75, 3.05) is 39.4 Å². The molecule has 0 aromatic heterocycles. The summed E-state index contributed by atoms with van der Waals surface area (Å²) in [6, 6.07) is 10.3. The summed E-state index contributed by atoms with van der Waals surface area (Å²) in [5.74, 6) is 0.726. The van der Waals surface area contributed by atoms with Crippen molar-refractivity contribution < 1.29 is 9.53 Å². The highest BCUT2D eigenvalue weighted by molar-refractivity contribution is 5.82. The van der Waals surface area contributed by atoms with Crippen molar-refractivity contribution in [1.82, 2.24) is 10.2 Å². The molecule has 1 N–H and O–H groups in total. The minimum atomic E-state index is 0.151. The van der Waals surface area contributed by atoms with Crippen LogP contribution >= 0.6 is 0 Å². The van der Waals surface area contributed by atoms with Crippen molar-refractivity contribution in [2.24, 2.45) is 5.92 Å². The lowest BCUT2D eigenvalue weighted by molar-refractivity contribution is -0.122. The van der Waals surface area contributed by atoms with Crippen LogP contribution in [0.4, 0.5) is 0 Å². The molecular weight excluding hydrogens is 276 g/mol. The molecule has 4 heteroatoms. The fourth-order valence-electron chi connectivity index (χ4n) is 2.77. The van der Waals surface area contributed by atoms with Crippen molar-refractivity contribution in [3.63, 3.8) is 0 Å². The summed E-state index contributed by atoms with van der Waals surface area (Å²) in [4.78, 5) is 14.4. The Morgan fingerprint density at radius 2 is 1.95 bits per heavy atom. The van der Waals surface area contributed by atoms with Crippen LogP contribution in [0.15, 0.2) is 30.3 Å². The first-order chi connectivity index (χ1) is 10.8. The van der Waals surface area contributed by atoms with Gasteiger partial charge in [0.15, 0.2) is 0 Å². The lowest BCUT2D eigenvalue weighted by Crippen LogP contribution is -2.31. The van der Waals surface area contributed by atoms with E-state index >= 15 is 0 Å². The van der Waals surface area contributed by atoms with Crippen LogP contribution in [0.1, 0.15) is 31.7 Å². The van der Waals surface area contributed by atoms with Crippen molar-refractivity contribution in [1.29, 1.82) is 0 Å². The molecule has 0 spiro atoms. The van der Waals surface area contributed by atoms with Gasteiger partial charge in [0, 0.05) is 19.0 Å². The fourth-order valence-corrected chi connectivity index (χ4v) is 2.77. The molecule has 0 heterocycles. The number of hydrogen-bond acceptors (Lipinski definition) is 3. The van der Waals surface area contributed by atoms with Crippen molar-refractivity contribution in [3.05, 3.63) is 35.9 Å². The second kappa shape index (κ2) is 8.91. The Balaban J connectivity index is 1.54. The molecule has 22 heavy (non-hydrogen) atoms. The molecule has 1 fully saturated rings. The highest BCUT2D eigenvalue weighted by atomic mass is 16.5. The lowest BCUT2D eigenvalue weighted by atomic mass is 10.1. The Labute approximate surface area is 133 Å². The predicted octanol–water partition coefficient (Wildman–Crippen LogP) is 2.26. The number of carbonyl (C=O) groups excluding carboxylic acids is 1. The Kier molecular flexibility index (Phi) is 6.87. The number of amides is 1. The summed E-state index contributed by atoms with van der Waals surface area (Å²) >= 11 is 0. The minimum absolute atomic E-state index is 0.151. The van der Waals surface area contributed by atoms with Crippen LogP contribution in [0.3, 0.4) is 0 Å². The van der Waals surface area contributed by atoms with E-state index in [0.717, 1.165) is 32.7 Å². The number of likely N-dealkylation sites (N-methyl/N-ethyl adjacent to an activating group) is 1. The van der Waals surface area contributed by atoms with Crippen LogP contribution in [0.2, 0.25) is 0 Å². The van der Waals surface area contributed by atoms with E-state index in [4.69, 9.17) is 4.74 Å². The number of ether oxygens (including phenoxy) is 1. The van der Waals surface area contributed by atoms with E-state index in [0.29, 0.717) is 19.1 Å². The van der Waals surface area contributed by atoms with E-state index in [9.17, 15) is 4.79 Å². The maximum atomic E-state index is 12.0. The molecule has 0 bridgehead atoms. The summed E-state index contributed by atoms with van der Waals surface area (Å²) in [5.41, 5.74) is 1.28. The van der Waals surface area contributed by atoms with Gasteiger partial charge in [0.05, 0.1) is 13.2 Å².